The molecule has 0 unspecified atom stereocenters. The SMILES string of the molecule is COC(=O)C[C@H](NC(=O)OC(C)(C)C)C(=O)NCCc1ccccc1. The number of methoxy groups -OCH3 is 1. The van der Waals surface area contributed by atoms with Crippen molar-refractivity contribution in [1.82, 2.24) is 10.6 Å². The lowest BCUT2D eigenvalue weighted by molar-refractivity contribution is -0.143. The third-order valence-corrected chi connectivity index (χ3v) is 3.16. The van der Waals surface area contributed by atoms with Gasteiger partial charge in [0.2, 0.25) is 5.91 Å². The molecule has 0 aliphatic carbocycles. The summed E-state index contributed by atoms with van der Waals surface area (Å²) in [6, 6.07) is 8.61. The largest absolute Gasteiger partial charge is 0.469 e. The number of alkyl carbamates (subject to hydrolysis) is 1. The zero-order valence-corrected chi connectivity index (χ0v) is 15.1. The van der Waals surface area contributed by atoms with Gasteiger partial charge in [0.1, 0.15) is 11.6 Å². The van der Waals surface area contributed by atoms with E-state index in [0.717, 1.165) is 5.56 Å². The van der Waals surface area contributed by atoms with Crippen LogP contribution in [0.3, 0.4) is 0 Å². The topological polar surface area (TPSA) is 93.7 Å². The number of ether oxygens (including phenoxy) is 2. The quantitative estimate of drug-likeness (QED) is 0.732. The van der Waals surface area contributed by atoms with Gasteiger partial charge in [0.25, 0.3) is 0 Å². The van der Waals surface area contributed by atoms with Crippen LogP contribution < -0.4 is 10.6 Å². The minimum atomic E-state index is -1.06. The highest BCUT2D eigenvalue weighted by molar-refractivity contribution is 5.89. The van der Waals surface area contributed by atoms with Gasteiger partial charge in [0, 0.05) is 6.54 Å². The molecule has 1 aromatic carbocycles. The molecule has 0 saturated heterocycles. The van der Waals surface area contributed by atoms with Crippen LogP contribution in [0.2, 0.25) is 0 Å². The number of benzene rings is 1. The Bertz CT molecular complexity index is 581. The monoisotopic (exact) mass is 350 g/mol. The molecule has 0 saturated carbocycles. The van der Waals surface area contributed by atoms with Crippen LogP contribution in [0.5, 0.6) is 0 Å². The van der Waals surface area contributed by atoms with Crippen LogP contribution in [0.15, 0.2) is 30.3 Å². The maximum atomic E-state index is 12.3. The zero-order valence-electron chi connectivity index (χ0n) is 15.1. The fourth-order valence-electron chi connectivity index (χ4n) is 2.01. The summed E-state index contributed by atoms with van der Waals surface area (Å²) >= 11 is 0. The van der Waals surface area contributed by atoms with Gasteiger partial charge in [-0.1, -0.05) is 30.3 Å². The highest BCUT2D eigenvalue weighted by Crippen LogP contribution is 2.07. The fraction of sp³-hybridized carbons (Fsp3) is 0.500. The van der Waals surface area contributed by atoms with Crippen molar-refractivity contribution in [3.05, 3.63) is 35.9 Å². The van der Waals surface area contributed by atoms with Crippen LogP contribution in [0.4, 0.5) is 4.79 Å². The van der Waals surface area contributed by atoms with Crippen molar-refractivity contribution in [1.29, 1.82) is 0 Å². The third kappa shape index (κ3) is 8.74. The van der Waals surface area contributed by atoms with Crippen molar-refractivity contribution >= 4 is 18.0 Å². The van der Waals surface area contributed by atoms with E-state index in [2.05, 4.69) is 15.4 Å². The van der Waals surface area contributed by atoms with Gasteiger partial charge in [-0.05, 0) is 32.8 Å². The van der Waals surface area contributed by atoms with Gasteiger partial charge < -0.3 is 20.1 Å². The van der Waals surface area contributed by atoms with Gasteiger partial charge in [-0.3, -0.25) is 9.59 Å². The number of amides is 2. The van der Waals surface area contributed by atoms with E-state index in [1.165, 1.54) is 7.11 Å². The molecule has 0 aromatic heterocycles. The van der Waals surface area contributed by atoms with Crippen LogP contribution >= 0.6 is 0 Å². The maximum Gasteiger partial charge on any atom is 0.408 e. The molecule has 0 radical (unpaired) electrons. The Balaban J connectivity index is 2.59. The van der Waals surface area contributed by atoms with Gasteiger partial charge in [0.15, 0.2) is 0 Å². The van der Waals surface area contributed by atoms with Crippen LogP contribution in [0.25, 0.3) is 0 Å². The predicted octanol–water partition coefficient (Wildman–Crippen LogP) is 1.80. The van der Waals surface area contributed by atoms with Gasteiger partial charge in [-0.25, -0.2) is 4.79 Å². The van der Waals surface area contributed by atoms with Crippen molar-refractivity contribution < 1.29 is 23.9 Å². The van der Waals surface area contributed by atoms with E-state index in [1.54, 1.807) is 20.8 Å². The molecule has 0 fully saturated rings. The first-order valence-electron chi connectivity index (χ1n) is 8.09. The molecule has 7 nitrogen and oxygen atoms in total. The van der Waals surface area contributed by atoms with Crippen LogP contribution in [-0.2, 0) is 25.5 Å². The normalized spacial score (nSPS) is 12.0. The summed E-state index contributed by atoms with van der Waals surface area (Å²) in [4.78, 5) is 35.7. The predicted molar refractivity (Wildman–Crippen MR) is 92.9 cm³/mol. The van der Waals surface area contributed by atoms with E-state index < -0.39 is 29.6 Å². The number of rotatable bonds is 7. The lowest BCUT2D eigenvalue weighted by atomic mass is 10.1. The molecule has 2 amide bonds. The summed E-state index contributed by atoms with van der Waals surface area (Å²) in [6.45, 7) is 5.52. The van der Waals surface area contributed by atoms with E-state index >= 15 is 0 Å². The van der Waals surface area contributed by atoms with Gasteiger partial charge >= 0.3 is 12.1 Å². The average Bonchev–Trinajstić information content (AvgIpc) is 2.53. The van der Waals surface area contributed by atoms with Gasteiger partial charge in [0.05, 0.1) is 13.5 Å². The molecule has 0 heterocycles. The van der Waals surface area contributed by atoms with Crippen LogP contribution in [-0.4, -0.2) is 43.3 Å². The molecule has 138 valence electrons. The van der Waals surface area contributed by atoms with E-state index in [-0.39, 0.29) is 6.42 Å². The molecular weight excluding hydrogens is 324 g/mol. The molecule has 2 N–H and O–H groups in total. The Hall–Kier alpha value is -2.57. The second-order valence-electron chi connectivity index (χ2n) is 6.51. The molecule has 25 heavy (non-hydrogen) atoms. The molecular formula is C18H26N2O5. The van der Waals surface area contributed by atoms with Gasteiger partial charge in [-0.15, -0.1) is 0 Å². The first kappa shape index (κ1) is 20.5. The minimum Gasteiger partial charge on any atom is -0.469 e. The Morgan fingerprint density at radius 1 is 1.12 bits per heavy atom. The molecule has 0 aliphatic rings. The lowest BCUT2D eigenvalue weighted by Gasteiger charge is -2.23. The molecule has 1 atom stereocenters. The summed E-state index contributed by atoms with van der Waals surface area (Å²) in [5.74, 6) is -1.06. The smallest absolute Gasteiger partial charge is 0.408 e. The number of nitrogens with one attached hydrogen (secondary N) is 2. The number of esters is 1. The Morgan fingerprint density at radius 2 is 1.76 bits per heavy atom. The molecule has 1 aromatic rings. The van der Waals surface area contributed by atoms with Crippen molar-refractivity contribution in [3.8, 4) is 0 Å². The number of hydrogen-bond donors (Lipinski definition) is 2. The number of carbonyl (C=O) groups is 3. The van der Waals surface area contributed by atoms with Crippen molar-refractivity contribution in [2.45, 2.75) is 45.3 Å². The van der Waals surface area contributed by atoms with Crippen LogP contribution in [0.1, 0.15) is 32.8 Å². The fourth-order valence-corrected chi connectivity index (χ4v) is 2.01. The standard InChI is InChI=1S/C18H26N2O5/c1-18(2,3)25-17(23)20-14(12-15(21)24-4)16(22)19-11-10-13-8-6-5-7-9-13/h5-9,14H,10-12H2,1-4H3,(H,19,22)(H,20,23)/t14-/m0/s1. The summed E-state index contributed by atoms with van der Waals surface area (Å²) in [5.41, 5.74) is 0.372. The summed E-state index contributed by atoms with van der Waals surface area (Å²) in [5, 5.41) is 5.13. The Morgan fingerprint density at radius 3 is 2.32 bits per heavy atom. The number of hydrogen-bond acceptors (Lipinski definition) is 5. The van der Waals surface area contributed by atoms with Crippen molar-refractivity contribution in [3.63, 3.8) is 0 Å². The third-order valence-electron chi connectivity index (χ3n) is 3.16. The number of carbonyl (C=O) groups excluding carboxylic acids is 3. The van der Waals surface area contributed by atoms with E-state index in [1.807, 2.05) is 30.3 Å². The second-order valence-corrected chi connectivity index (χ2v) is 6.51. The summed E-state index contributed by atoms with van der Waals surface area (Å²) < 4.78 is 9.70. The second kappa shape index (κ2) is 9.66. The Kier molecular flexibility index (Phi) is 7.91. The van der Waals surface area contributed by atoms with Gasteiger partial charge in [-0.2, -0.15) is 0 Å². The van der Waals surface area contributed by atoms with Crippen molar-refractivity contribution in [2.75, 3.05) is 13.7 Å². The molecule has 7 heteroatoms. The first-order valence-corrected chi connectivity index (χ1v) is 8.09. The molecule has 0 aliphatic heterocycles. The highest BCUT2D eigenvalue weighted by Gasteiger charge is 2.26. The lowest BCUT2D eigenvalue weighted by Crippen LogP contribution is -2.49. The molecule has 0 bridgehead atoms. The maximum absolute atomic E-state index is 12.3. The first-order chi connectivity index (χ1) is 11.7. The summed E-state index contributed by atoms with van der Waals surface area (Å²) in [7, 11) is 1.22. The minimum absolute atomic E-state index is 0.271. The van der Waals surface area contributed by atoms with Crippen LogP contribution in [0, 0.1) is 0 Å². The van der Waals surface area contributed by atoms with Crippen molar-refractivity contribution in [2.24, 2.45) is 0 Å². The van der Waals surface area contributed by atoms with E-state index in [0.29, 0.717) is 13.0 Å². The summed E-state index contributed by atoms with van der Waals surface area (Å²) in [6.07, 6.45) is -0.392. The highest BCUT2D eigenvalue weighted by atomic mass is 16.6. The van der Waals surface area contributed by atoms with E-state index in [4.69, 9.17) is 4.74 Å². The van der Waals surface area contributed by atoms with E-state index in [9.17, 15) is 14.4 Å². The zero-order chi connectivity index (χ0) is 18.9. The molecule has 1 rings (SSSR count). The molecule has 0 spiro atoms. The Labute approximate surface area is 148 Å². The average molecular weight is 350 g/mol.